The SMILES string of the molecule is COC(=O)[C@H](CCO[Si](C)(C)C(C)(C)C)NC(=O)c1ccccc1F. The summed E-state index contributed by atoms with van der Waals surface area (Å²) in [6, 6.07) is 4.73. The van der Waals surface area contributed by atoms with Crippen molar-refractivity contribution < 1.29 is 23.1 Å². The first-order valence-corrected chi connectivity index (χ1v) is 11.2. The first-order chi connectivity index (χ1) is 11.5. The van der Waals surface area contributed by atoms with Gasteiger partial charge in [-0.05, 0) is 30.3 Å². The van der Waals surface area contributed by atoms with Crippen molar-refractivity contribution in [3.8, 4) is 0 Å². The number of carbonyl (C=O) groups excluding carboxylic acids is 2. The Hall–Kier alpha value is -1.73. The number of hydrogen-bond acceptors (Lipinski definition) is 4. The number of methoxy groups -OCH3 is 1. The Morgan fingerprint density at radius 1 is 1.24 bits per heavy atom. The third kappa shape index (κ3) is 5.93. The van der Waals surface area contributed by atoms with Crippen LogP contribution in [0.3, 0.4) is 0 Å². The zero-order valence-electron chi connectivity index (χ0n) is 15.8. The summed E-state index contributed by atoms with van der Waals surface area (Å²) in [6.45, 7) is 10.9. The molecule has 1 atom stereocenters. The molecule has 0 unspecified atom stereocenters. The Morgan fingerprint density at radius 3 is 2.36 bits per heavy atom. The molecule has 25 heavy (non-hydrogen) atoms. The second kappa shape index (κ2) is 8.58. The van der Waals surface area contributed by atoms with Gasteiger partial charge in [-0.2, -0.15) is 0 Å². The summed E-state index contributed by atoms with van der Waals surface area (Å²) in [7, 11) is -0.705. The van der Waals surface area contributed by atoms with E-state index in [2.05, 4.69) is 39.2 Å². The molecule has 0 aromatic heterocycles. The minimum absolute atomic E-state index is 0.0458. The highest BCUT2D eigenvalue weighted by atomic mass is 28.4. The van der Waals surface area contributed by atoms with Crippen molar-refractivity contribution in [2.75, 3.05) is 13.7 Å². The average molecular weight is 370 g/mol. The van der Waals surface area contributed by atoms with E-state index in [4.69, 9.17) is 9.16 Å². The van der Waals surface area contributed by atoms with Crippen LogP contribution in [0.15, 0.2) is 24.3 Å². The zero-order chi connectivity index (χ0) is 19.3. The Bertz CT molecular complexity index is 613. The number of carbonyl (C=O) groups is 2. The largest absolute Gasteiger partial charge is 0.467 e. The normalized spacial score (nSPS) is 13.2. The van der Waals surface area contributed by atoms with Crippen LogP contribution in [0.5, 0.6) is 0 Å². The molecule has 0 aliphatic heterocycles. The lowest BCUT2D eigenvalue weighted by Crippen LogP contribution is -2.45. The highest BCUT2D eigenvalue weighted by Crippen LogP contribution is 2.36. The summed E-state index contributed by atoms with van der Waals surface area (Å²) >= 11 is 0. The molecule has 140 valence electrons. The van der Waals surface area contributed by atoms with Crippen LogP contribution < -0.4 is 5.32 Å². The molecule has 5 nitrogen and oxygen atoms in total. The molecular formula is C18H28FNO4Si. The van der Waals surface area contributed by atoms with Crippen LogP contribution in [0.1, 0.15) is 37.6 Å². The van der Waals surface area contributed by atoms with Gasteiger partial charge in [-0.1, -0.05) is 32.9 Å². The van der Waals surface area contributed by atoms with Gasteiger partial charge in [-0.25, -0.2) is 9.18 Å². The molecule has 0 radical (unpaired) electrons. The summed E-state index contributed by atoms with van der Waals surface area (Å²) in [6.07, 6.45) is 0.263. The van der Waals surface area contributed by atoms with Gasteiger partial charge in [0.1, 0.15) is 11.9 Å². The molecule has 1 aromatic carbocycles. The number of benzene rings is 1. The fraction of sp³-hybridized carbons (Fsp3) is 0.556. The van der Waals surface area contributed by atoms with Crippen LogP contribution in [-0.4, -0.2) is 40.0 Å². The average Bonchev–Trinajstić information content (AvgIpc) is 2.52. The third-order valence-electron chi connectivity index (χ3n) is 4.59. The van der Waals surface area contributed by atoms with E-state index in [9.17, 15) is 14.0 Å². The van der Waals surface area contributed by atoms with Gasteiger partial charge in [0.2, 0.25) is 0 Å². The van der Waals surface area contributed by atoms with Gasteiger partial charge in [0, 0.05) is 13.0 Å². The number of rotatable bonds is 7. The minimum atomic E-state index is -1.95. The van der Waals surface area contributed by atoms with Crippen molar-refractivity contribution in [1.82, 2.24) is 5.32 Å². The van der Waals surface area contributed by atoms with Crippen molar-refractivity contribution in [1.29, 1.82) is 0 Å². The van der Waals surface area contributed by atoms with Crippen LogP contribution in [0.4, 0.5) is 4.39 Å². The van der Waals surface area contributed by atoms with E-state index in [-0.39, 0.29) is 17.0 Å². The van der Waals surface area contributed by atoms with Crippen molar-refractivity contribution in [3.05, 3.63) is 35.6 Å². The van der Waals surface area contributed by atoms with Gasteiger partial charge in [-0.15, -0.1) is 0 Å². The van der Waals surface area contributed by atoms with E-state index < -0.39 is 32.1 Å². The molecular weight excluding hydrogens is 341 g/mol. The molecule has 0 saturated carbocycles. The smallest absolute Gasteiger partial charge is 0.328 e. The molecule has 0 heterocycles. The number of hydrogen-bond donors (Lipinski definition) is 1. The van der Waals surface area contributed by atoms with Crippen molar-refractivity contribution in [3.63, 3.8) is 0 Å². The van der Waals surface area contributed by atoms with Crippen LogP contribution >= 0.6 is 0 Å². The highest BCUT2D eigenvalue weighted by molar-refractivity contribution is 6.74. The Kier molecular flexibility index (Phi) is 7.31. The Labute approximate surface area is 150 Å². The lowest BCUT2D eigenvalue weighted by atomic mass is 10.1. The molecule has 7 heteroatoms. The maximum absolute atomic E-state index is 13.7. The lowest BCUT2D eigenvalue weighted by Gasteiger charge is -2.36. The van der Waals surface area contributed by atoms with E-state index in [1.165, 1.54) is 25.3 Å². The van der Waals surface area contributed by atoms with Crippen LogP contribution in [0, 0.1) is 5.82 Å². The predicted molar refractivity (Wildman–Crippen MR) is 97.4 cm³/mol. The fourth-order valence-electron chi connectivity index (χ4n) is 1.92. The summed E-state index contributed by atoms with van der Waals surface area (Å²) in [5.41, 5.74) is -0.110. The molecule has 0 aliphatic carbocycles. The fourth-order valence-corrected chi connectivity index (χ4v) is 2.98. The second-order valence-corrected chi connectivity index (χ2v) is 12.2. The maximum Gasteiger partial charge on any atom is 0.328 e. The number of halogens is 1. The lowest BCUT2D eigenvalue weighted by molar-refractivity contribution is -0.143. The Morgan fingerprint density at radius 2 is 1.84 bits per heavy atom. The van der Waals surface area contributed by atoms with Crippen LogP contribution in [-0.2, 0) is 14.0 Å². The number of amides is 1. The Balaban J connectivity index is 2.74. The van der Waals surface area contributed by atoms with Gasteiger partial charge < -0.3 is 14.5 Å². The van der Waals surface area contributed by atoms with Gasteiger partial charge in [0.05, 0.1) is 12.7 Å². The van der Waals surface area contributed by atoms with Crippen LogP contribution in [0.25, 0.3) is 0 Å². The summed E-state index contributed by atoms with van der Waals surface area (Å²) < 4.78 is 24.5. The molecule has 0 spiro atoms. The zero-order valence-corrected chi connectivity index (χ0v) is 16.8. The number of ether oxygens (including phenoxy) is 1. The van der Waals surface area contributed by atoms with E-state index in [1.54, 1.807) is 6.07 Å². The van der Waals surface area contributed by atoms with Gasteiger partial charge >= 0.3 is 5.97 Å². The number of esters is 1. The van der Waals surface area contributed by atoms with E-state index in [0.717, 1.165) is 0 Å². The van der Waals surface area contributed by atoms with Crippen molar-refractivity contribution in [2.45, 2.75) is 51.4 Å². The first-order valence-electron chi connectivity index (χ1n) is 8.27. The van der Waals surface area contributed by atoms with E-state index in [1.807, 2.05) is 0 Å². The second-order valence-electron chi connectivity index (χ2n) is 7.43. The van der Waals surface area contributed by atoms with Gasteiger partial charge in [-0.3, -0.25) is 4.79 Å². The minimum Gasteiger partial charge on any atom is -0.467 e. The molecule has 1 rings (SSSR count). The summed E-state index contributed by atoms with van der Waals surface area (Å²) in [5, 5.41) is 2.58. The summed E-state index contributed by atoms with van der Waals surface area (Å²) in [4.78, 5) is 24.2. The predicted octanol–water partition coefficient (Wildman–Crippen LogP) is 3.51. The molecule has 0 fully saturated rings. The highest BCUT2D eigenvalue weighted by Gasteiger charge is 2.37. The molecule has 0 aliphatic rings. The monoisotopic (exact) mass is 369 g/mol. The van der Waals surface area contributed by atoms with Gasteiger partial charge in [0.25, 0.3) is 5.91 Å². The maximum atomic E-state index is 13.7. The van der Waals surface area contributed by atoms with Gasteiger partial charge in [0.15, 0.2) is 8.32 Å². The van der Waals surface area contributed by atoms with E-state index in [0.29, 0.717) is 6.61 Å². The standard InChI is InChI=1S/C18H28FNO4Si/c1-18(2,3)25(5,6)24-12-11-15(17(22)23-4)20-16(21)13-9-7-8-10-14(13)19/h7-10,15H,11-12H2,1-6H3,(H,20,21)/t15-/m0/s1. The molecule has 1 aromatic rings. The quantitative estimate of drug-likeness (QED) is 0.590. The summed E-state index contributed by atoms with van der Waals surface area (Å²) in [5.74, 6) is -1.87. The first kappa shape index (κ1) is 21.3. The van der Waals surface area contributed by atoms with E-state index >= 15 is 0 Å². The molecule has 1 N–H and O–H groups in total. The molecule has 0 saturated heterocycles. The molecule has 1 amide bonds. The molecule has 0 bridgehead atoms. The van der Waals surface area contributed by atoms with Crippen LogP contribution in [0.2, 0.25) is 18.1 Å². The van der Waals surface area contributed by atoms with Crippen molar-refractivity contribution in [2.24, 2.45) is 0 Å². The number of nitrogens with one attached hydrogen (secondary N) is 1. The topological polar surface area (TPSA) is 64.6 Å². The third-order valence-corrected chi connectivity index (χ3v) is 9.12. The van der Waals surface area contributed by atoms with Crippen molar-refractivity contribution >= 4 is 20.2 Å².